The van der Waals surface area contributed by atoms with Crippen LogP contribution in [0.5, 0.6) is 5.75 Å². The van der Waals surface area contributed by atoms with Crippen molar-refractivity contribution in [1.82, 2.24) is 5.32 Å². The lowest BCUT2D eigenvalue weighted by Crippen LogP contribution is -2.63. The summed E-state index contributed by atoms with van der Waals surface area (Å²) in [5, 5.41) is 2.99. The Morgan fingerprint density at radius 1 is 1.03 bits per heavy atom. The van der Waals surface area contributed by atoms with Crippen LogP contribution in [0, 0.1) is 0 Å². The smallest absolute Gasteiger partial charge is 0.338 e. The van der Waals surface area contributed by atoms with E-state index >= 15 is 0 Å². The summed E-state index contributed by atoms with van der Waals surface area (Å²) < 4.78 is 10.5. The topological polar surface area (TPSA) is 84.9 Å². The van der Waals surface area contributed by atoms with Crippen LogP contribution >= 0.6 is 0 Å². The summed E-state index contributed by atoms with van der Waals surface area (Å²) in [6, 6.07) is 21.4. The molecule has 4 rings (SSSR count). The largest absolute Gasteiger partial charge is 0.496 e. The average molecular weight is 473 g/mol. The normalized spacial score (nSPS) is 16.9. The van der Waals surface area contributed by atoms with Gasteiger partial charge in [-0.1, -0.05) is 42.5 Å². The summed E-state index contributed by atoms with van der Waals surface area (Å²) in [6.45, 7) is 3.96. The van der Waals surface area contributed by atoms with Crippen molar-refractivity contribution in [2.45, 2.75) is 32.4 Å². The molecule has 0 saturated carbocycles. The van der Waals surface area contributed by atoms with Crippen molar-refractivity contribution in [1.29, 1.82) is 0 Å². The Hall–Kier alpha value is -4.13. The first-order valence-electron chi connectivity index (χ1n) is 11.5. The van der Waals surface area contributed by atoms with Gasteiger partial charge in [0.1, 0.15) is 11.3 Å². The highest BCUT2D eigenvalue weighted by Gasteiger charge is 2.47. The van der Waals surface area contributed by atoms with Gasteiger partial charge in [-0.2, -0.15) is 0 Å². The molecule has 0 radical (unpaired) electrons. The Morgan fingerprint density at radius 3 is 2.54 bits per heavy atom. The lowest BCUT2D eigenvalue weighted by Gasteiger charge is -2.44. The van der Waals surface area contributed by atoms with Gasteiger partial charge in [0.05, 0.1) is 19.3 Å². The fraction of sp³-hybridized carbons (Fsp3) is 0.250. The van der Waals surface area contributed by atoms with E-state index in [1.165, 1.54) is 4.90 Å². The zero-order chi connectivity index (χ0) is 25.0. The number of fused-ring (bicyclic) bond motifs is 1. The van der Waals surface area contributed by atoms with Gasteiger partial charge in [-0.3, -0.25) is 14.5 Å². The number of hydrogen-bond acceptors (Lipinski definition) is 5. The maximum absolute atomic E-state index is 13.7. The second-order valence-electron chi connectivity index (χ2n) is 8.51. The zero-order valence-electron chi connectivity index (χ0n) is 20.0. The molecule has 0 saturated heterocycles. The van der Waals surface area contributed by atoms with E-state index in [2.05, 4.69) is 5.32 Å². The maximum Gasteiger partial charge on any atom is 0.338 e. The Balaban J connectivity index is 1.72. The number of nitrogens with one attached hydrogen (secondary N) is 1. The van der Waals surface area contributed by atoms with Crippen LogP contribution in [0.15, 0.2) is 72.8 Å². The third kappa shape index (κ3) is 4.62. The first-order chi connectivity index (χ1) is 16.9. The van der Waals surface area contributed by atoms with Gasteiger partial charge in [0.25, 0.3) is 5.91 Å². The molecule has 0 spiro atoms. The molecule has 1 aliphatic rings. The molecule has 35 heavy (non-hydrogen) atoms. The molecule has 1 atom stereocenters. The molecule has 0 unspecified atom stereocenters. The molecule has 0 aliphatic carbocycles. The van der Waals surface area contributed by atoms with Crippen molar-refractivity contribution in [2.75, 3.05) is 18.6 Å². The Morgan fingerprint density at radius 2 is 1.77 bits per heavy atom. The average Bonchev–Trinajstić information content (AvgIpc) is 2.87. The Bertz CT molecular complexity index is 1270. The van der Waals surface area contributed by atoms with Gasteiger partial charge < -0.3 is 14.8 Å². The summed E-state index contributed by atoms with van der Waals surface area (Å²) >= 11 is 0. The highest BCUT2D eigenvalue weighted by Crippen LogP contribution is 2.36. The number of esters is 1. The Kier molecular flexibility index (Phi) is 6.87. The summed E-state index contributed by atoms with van der Waals surface area (Å²) in [6.07, 6.45) is 0.316. The van der Waals surface area contributed by atoms with Crippen LogP contribution in [0.25, 0.3) is 0 Å². The first kappa shape index (κ1) is 24.0. The van der Waals surface area contributed by atoms with Gasteiger partial charge in [0.15, 0.2) is 0 Å². The molecule has 0 bridgehead atoms. The summed E-state index contributed by atoms with van der Waals surface area (Å²) in [5.74, 6) is -0.431. The molecule has 7 heteroatoms. The van der Waals surface area contributed by atoms with Crippen LogP contribution in [-0.4, -0.2) is 37.0 Å². The van der Waals surface area contributed by atoms with E-state index in [1.807, 2.05) is 36.4 Å². The molecule has 1 heterocycles. The monoisotopic (exact) mass is 472 g/mol. The van der Waals surface area contributed by atoms with Gasteiger partial charge in [0, 0.05) is 29.8 Å². The van der Waals surface area contributed by atoms with Crippen LogP contribution in [-0.2, 0) is 22.5 Å². The van der Waals surface area contributed by atoms with Crippen molar-refractivity contribution in [3.63, 3.8) is 0 Å². The van der Waals surface area contributed by atoms with Crippen molar-refractivity contribution in [2.24, 2.45) is 0 Å². The van der Waals surface area contributed by atoms with Crippen LogP contribution < -0.4 is 15.0 Å². The highest BCUT2D eigenvalue weighted by molar-refractivity contribution is 6.14. The van der Waals surface area contributed by atoms with Gasteiger partial charge >= 0.3 is 5.97 Å². The predicted molar refractivity (Wildman–Crippen MR) is 133 cm³/mol. The van der Waals surface area contributed by atoms with E-state index in [1.54, 1.807) is 57.4 Å². The molecule has 0 fully saturated rings. The van der Waals surface area contributed by atoms with Gasteiger partial charge in [-0.05, 0) is 49.7 Å². The van der Waals surface area contributed by atoms with Crippen molar-refractivity contribution in [3.05, 3.63) is 95.1 Å². The van der Waals surface area contributed by atoms with Crippen LogP contribution in [0.1, 0.15) is 45.7 Å². The zero-order valence-corrected chi connectivity index (χ0v) is 20.0. The number of methoxy groups -OCH3 is 1. The molecule has 3 aromatic rings. The second-order valence-corrected chi connectivity index (χ2v) is 8.51. The van der Waals surface area contributed by atoms with E-state index in [0.29, 0.717) is 29.0 Å². The molecule has 1 N–H and O–H groups in total. The number of hydrogen-bond donors (Lipinski definition) is 1. The quantitative estimate of drug-likeness (QED) is 0.522. The molecule has 180 valence electrons. The number of para-hydroxylation sites is 1. The minimum absolute atomic E-state index is 0.238. The summed E-state index contributed by atoms with van der Waals surface area (Å²) in [4.78, 5) is 41.3. The van der Waals surface area contributed by atoms with Gasteiger partial charge in [-0.15, -0.1) is 0 Å². The summed E-state index contributed by atoms with van der Waals surface area (Å²) in [5.41, 5.74) is 1.68. The molecule has 2 amide bonds. The third-order valence-corrected chi connectivity index (χ3v) is 6.22. The lowest BCUT2D eigenvalue weighted by molar-refractivity contribution is -0.126. The summed E-state index contributed by atoms with van der Waals surface area (Å²) in [7, 11) is 1.58. The number of carbonyl (C=O) groups is 3. The van der Waals surface area contributed by atoms with E-state index in [9.17, 15) is 14.4 Å². The van der Waals surface area contributed by atoms with Crippen LogP contribution in [0.4, 0.5) is 5.69 Å². The van der Waals surface area contributed by atoms with Crippen molar-refractivity contribution < 1.29 is 23.9 Å². The Labute approximate surface area is 204 Å². The van der Waals surface area contributed by atoms with E-state index in [4.69, 9.17) is 9.47 Å². The van der Waals surface area contributed by atoms with E-state index < -0.39 is 11.5 Å². The minimum atomic E-state index is -1.24. The van der Waals surface area contributed by atoms with Crippen molar-refractivity contribution in [3.8, 4) is 5.75 Å². The molecule has 0 aromatic heterocycles. The number of anilines is 1. The molecule has 1 aliphatic heterocycles. The minimum Gasteiger partial charge on any atom is -0.496 e. The molecular formula is C28H28N2O5. The molecule has 3 aromatic carbocycles. The fourth-order valence-corrected chi connectivity index (χ4v) is 4.46. The number of benzene rings is 3. The number of amides is 2. The third-order valence-electron chi connectivity index (χ3n) is 6.22. The second kappa shape index (κ2) is 10.0. The van der Waals surface area contributed by atoms with E-state index in [0.717, 1.165) is 11.1 Å². The van der Waals surface area contributed by atoms with Crippen molar-refractivity contribution >= 4 is 23.5 Å². The lowest BCUT2D eigenvalue weighted by atomic mass is 9.82. The number of nitrogens with zero attached hydrogens (tertiary/aromatic N) is 1. The standard InChI is InChI=1S/C28H28N2O5/c1-4-35-26(32)19-12-9-13-22(16-19)30-25(31)23-14-7-5-10-20(23)17-28(30,2)27(33)29-18-21-11-6-8-15-24(21)34-3/h5-16H,4,17-18H2,1-3H3,(H,29,33)/t28-/m1/s1. The maximum atomic E-state index is 13.7. The predicted octanol–water partition coefficient (Wildman–Crippen LogP) is 4.15. The molecular weight excluding hydrogens is 444 g/mol. The number of rotatable bonds is 7. The van der Waals surface area contributed by atoms with Crippen LogP contribution in [0.3, 0.4) is 0 Å². The van der Waals surface area contributed by atoms with Crippen LogP contribution in [0.2, 0.25) is 0 Å². The van der Waals surface area contributed by atoms with Gasteiger partial charge in [-0.25, -0.2) is 4.79 Å². The highest BCUT2D eigenvalue weighted by atomic mass is 16.5. The fourth-order valence-electron chi connectivity index (χ4n) is 4.46. The first-order valence-corrected chi connectivity index (χ1v) is 11.5. The molecule has 7 nitrogen and oxygen atoms in total. The van der Waals surface area contributed by atoms with E-state index in [-0.39, 0.29) is 25.0 Å². The van der Waals surface area contributed by atoms with Gasteiger partial charge in [0.2, 0.25) is 5.91 Å². The number of ether oxygens (including phenoxy) is 2. The SMILES string of the molecule is CCOC(=O)c1cccc(N2C(=O)c3ccccc3C[C@]2(C)C(=O)NCc2ccccc2OC)c1. The number of carbonyl (C=O) groups excluding carboxylic acids is 3.